The van der Waals surface area contributed by atoms with E-state index in [1.54, 1.807) is 0 Å². The van der Waals surface area contributed by atoms with Gasteiger partial charge in [0, 0.05) is 10.5 Å². The Balaban J connectivity index is 2.02. The summed E-state index contributed by atoms with van der Waals surface area (Å²) in [4.78, 5) is 4.49. The topological polar surface area (TPSA) is 31.4 Å². The number of nitrogens with zero attached hydrogens (tertiary/aromatic N) is 1. The zero-order valence-corrected chi connectivity index (χ0v) is 15.1. The second kappa shape index (κ2) is 7.25. The third-order valence-corrected chi connectivity index (χ3v) is 3.41. The molecule has 2 rings (SSSR count). The lowest BCUT2D eigenvalue weighted by atomic mass is 9.99. The number of aromatic nitrogens is 1. The van der Waals surface area contributed by atoms with Crippen molar-refractivity contribution in [1.82, 2.24) is 4.98 Å². The summed E-state index contributed by atoms with van der Waals surface area (Å²) >= 11 is 3.45. The van der Waals surface area contributed by atoms with E-state index >= 15 is 0 Å². The average Bonchev–Trinajstić information content (AvgIpc) is 2.41. The molecule has 4 heteroatoms. The van der Waals surface area contributed by atoms with E-state index in [0.717, 1.165) is 21.5 Å². The van der Waals surface area contributed by atoms with Crippen molar-refractivity contribution >= 4 is 15.9 Å². The molecule has 0 aliphatic heterocycles. The summed E-state index contributed by atoms with van der Waals surface area (Å²) in [5.74, 6) is 1.39. The highest BCUT2D eigenvalue weighted by Gasteiger charge is 2.10. The van der Waals surface area contributed by atoms with E-state index < -0.39 is 0 Å². The van der Waals surface area contributed by atoms with Gasteiger partial charge in [-0.3, -0.25) is 0 Å². The molecule has 0 saturated heterocycles. The standard InChI is InChI=1S/C18H22BrNO2/c1-13-10-14(19)8-9-16(13)22-17-7-5-6-15(20-17)11-21-12-18(2,3)4/h5-10H,11-12H2,1-4H3. The van der Waals surface area contributed by atoms with Crippen LogP contribution in [0.3, 0.4) is 0 Å². The summed E-state index contributed by atoms with van der Waals surface area (Å²) in [5.41, 5.74) is 2.09. The fourth-order valence-electron chi connectivity index (χ4n) is 1.90. The van der Waals surface area contributed by atoms with Gasteiger partial charge in [-0.25, -0.2) is 4.98 Å². The first-order chi connectivity index (χ1) is 10.3. The van der Waals surface area contributed by atoms with Crippen LogP contribution in [0.2, 0.25) is 0 Å². The Labute approximate surface area is 140 Å². The quantitative estimate of drug-likeness (QED) is 0.701. The molecule has 0 unspecified atom stereocenters. The maximum Gasteiger partial charge on any atom is 0.219 e. The van der Waals surface area contributed by atoms with Crippen molar-refractivity contribution < 1.29 is 9.47 Å². The lowest BCUT2D eigenvalue weighted by molar-refractivity contribution is 0.0579. The van der Waals surface area contributed by atoms with Crippen LogP contribution >= 0.6 is 15.9 Å². The highest BCUT2D eigenvalue weighted by Crippen LogP contribution is 2.26. The van der Waals surface area contributed by atoms with Crippen LogP contribution in [0.25, 0.3) is 0 Å². The molecular formula is C18H22BrNO2. The summed E-state index contributed by atoms with van der Waals surface area (Å²) in [6.45, 7) is 9.65. The molecule has 0 amide bonds. The third-order valence-electron chi connectivity index (χ3n) is 2.92. The molecule has 0 aliphatic rings. The molecule has 0 radical (unpaired) electrons. The molecule has 2 aromatic rings. The van der Waals surface area contributed by atoms with Gasteiger partial charge in [0.2, 0.25) is 5.88 Å². The van der Waals surface area contributed by atoms with E-state index in [1.807, 2.05) is 43.3 Å². The van der Waals surface area contributed by atoms with Crippen molar-refractivity contribution in [3.8, 4) is 11.6 Å². The van der Waals surface area contributed by atoms with Gasteiger partial charge in [-0.15, -0.1) is 0 Å². The Morgan fingerprint density at radius 2 is 1.91 bits per heavy atom. The summed E-state index contributed by atoms with van der Waals surface area (Å²) in [5, 5.41) is 0. The van der Waals surface area contributed by atoms with E-state index in [2.05, 4.69) is 41.7 Å². The second-order valence-corrected chi connectivity index (χ2v) is 7.45. The Morgan fingerprint density at radius 1 is 1.14 bits per heavy atom. The van der Waals surface area contributed by atoms with Crippen LogP contribution < -0.4 is 4.74 Å². The Hall–Kier alpha value is -1.39. The van der Waals surface area contributed by atoms with Gasteiger partial charge < -0.3 is 9.47 Å². The SMILES string of the molecule is Cc1cc(Br)ccc1Oc1cccc(COCC(C)(C)C)n1. The van der Waals surface area contributed by atoms with Gasteiger partial charge in [0.05, 0.1) is 18.9 Å². The minimum Gasteiger partial charge on any atom is -0.439 e. The number of rotatable bonds is 5. The number of hydrogen-bond acceptors (Lipinski definition) is 3. The molecule has 118 valence electrons. The van der Waals surface area contributed by atoms with Crippen LogP contribution in [-0.4, -0.2) is 11.6 Å². The molecular weight excluding hydrogens is 342 g/mol. The molecule has 3 nitrogen and oxygen atoms in total. The monoisotopic (exact) mass is 363 g/mol. The largest absolute Gasteiger partial charge is 0.439 e. The van der Waals surface area contributed by atoms with Gasteiger partial charge in [-0.1, -0.05) is 42.8 Å². The normalized spacial score (nSPS) is 11.5. The minimum absolute atomic E-state index is 0.155. The van der Waals surface area contributed by atoms with E-state index in [-0.39, 0.29) is 5.41 Å². The second-order valence-electron chi connectivity index (χ2n) is 6.53. The highest BCUT2D eigenvalue weighted by atomic mass is 79.9. The summed E-state index contributed by atoms with van der Waals surface area (Å²) < 4.78 is 12.6. The molecule has 1 aromatic carbocycles. The fraction of sp³-hybridized carbons (Fsp3) is 0.389. The van der Waals surface area contributed by atoms with Crippen molar-refractivity contribution in [2.45, 2.75) is 34.3 Å². The molecule has 0 bridgehead atoms. The zero-order valence-electron chi connectivity index (χ0n) is 13.5. The molecule has 0 spiro atoms. The first-order valence-electron chi connectivity index (χ1n) is 7.31. The Kier molecular flexibility index (Phi) is 5.59. The van der Waals surface area contributed by atoms with Gasteiger partial charge in [-0.05, 0) is 42.2 Å². The number of benzene rings is 1. The number of pyridine rings is 1. The molecule has 0 fully saturated rings. The van der Waals surface area contributed by atoms with E-state index in [9.17, 15) is 0 Å². The molecule has 0 atom stereocenters. The molecule has 0 saturated carbocycles. The summed E-state index contributed by atoms with van der Waals surface area (Å²) in [6.07, 6.45) is 0. The fourth-order valence-corrected chi connectivity index (χ4v) is 2.37. The summed E-state index contributed by atoms with van der Waals surface area (Å²) in [6, 6.07) is 11.7. The predicted molar refractivity (Wildman–Crippen MR) is 92.3 cm³/mol. The van der Waals surface area contributed by atoms with Crippen LogP contribution in [0.5, 0.6) is 11.6 Å². The van der Waals surface area contributed by atoms with Crippen molar-refractivity contribution in [3.63, 3.8) is 0 Å². The number of hydrogen-bond donors (Lipinski definition) is 0. The van der Waals surface area contributed by atoms with Crippen LogP contribution in [-0.2, 0) is 11.3 Å². The van der Waals surface area contributed by atoms with Gasteiger partial charge in [0.15, 0.2) is 0 Å². The van der Waals surface area contributed by atoms with Crippen molar-refractivity contribution in [2.24, 2.45) is 5.41 Å². The first-order valence-corrected chi connectivity index (χ1v) is 8.10. The predicted octanol–water partition coefficient (Wildman–Crippen LogP) is 5.51. The van der Waals surface area contributed by atoms with Gasteiger partial charge in [0.25, 0.3) is 0 Å². The molecule has 22 heavy (non-hydrogen) atoms. The number of ether oxygens (including phenoxy) is 2. The summed E-state index contributed by atoms with van der Waals surface area (Å²) in [7, 11) is 0. The molecule has 1 aromatic heterocycles. The lowest BCUT2D eigenvalue weighted by Gasteiger charge is -2.17. The molecule has 0 N–H and O–H groups in total. The van der Waals surface area contributed by atoms with Crippen LogP contribution in [0, 0.1) is 12.3 Å². The van der Waals surface area contributed by atoms with E-state index in [1.165, 1.54) is 0 Å². The average molecular weight is 364 g/mol. The smallest absolute Gasteiger partial charge is 0.219 e. The van der Waals surface area contributed by atoms with Gasteiger partial charge in [0.1, 0.15) is 5.75 Å². The van der Waals surface area contributed by atoms with Crippen LogP contribution in [0.1, 0.15) is 32.0 Å². The van der Waals surface area contributed by atoms with E-state index in [4.69, 9.17) is 9.47 Å². The lowest BCUT2D eigenvalue weighted by Crippen LogP contribution is -2.14. The maximum absolute atomic E-state index is 5.86. The number of halogens is 1. The van der Waals surface area contributed by atoms with Gasteiger partial charge in [-0.2, -0.15) is 0 Å². The van der Waals surface area contributed by atoms with E-state index in [0.29, 0.717) is 19.1 Å². The van der Waals surface area contributed by atoms with Crippen molar-refractivity contribution in [3.05, 3.63) is 52.1 Å². The number of aryl methyl sites for hydroxylation is 1. The first kappa shape index (κ1) is 17.0. The Morgan fingerprint density at radius 3 is 2.59 bits per heavy atom. The van der Waals surface area contributed by atoms with Crippen LogP contribution in [0.4, 0.5) is 0 Å². The third kappa shape index (κ3) is 5.43. The minimum atomic E-state index is 0.155. The van der Waals surface area contributed by atoms with Crippen LogP contribution in [0.15, 0.2) is 40.9 Å². The highest BCUT2D eigenvalue weighted by molar-refractivity contribution is 9.10. The van der Waals surface area contributed by atoms with Crippen molar-refractivity contribution in [2.75, 3.05) is 6.61 Å². The maximum atomic E-state index is 5.86. The Bertz CT molecular complexity index is 635. The zero-order chi connectivity index (χ0) is 16.2. The van der Waals surface area contributed by atoms with Crippen molar-refractivity contribution in [1.29, 1.82) is 0 Å². The van der Waals surface area contributed by atoms with Gasteiger partial charge >= 0.3 is 0 Å². The molecule has 0 aliphatic carbocycles. The molecule has 1 heterocycles.